The number of methoxy groups -OCH3 is 1. The molecule has 1 fully saturated rings. The number of benzene rings is 1. The molecule has 17 heavy (non-hydrogen) atoms. The van der Waals surface area contributed by atoms with Crippen LogP contribution in [0.25, 0.3) is 0 Å². The maximum atomic E-state index is 5.39. The normalized spacial score (nSPS) is 16.9. The largest absolute Gasteiger partial charge is 0.496 e. The summed E-state index contributed by atoms with van der Waals surface area (Å²) in [6.45, 7) is 5.30. The molecule has 2 heteroatoms. The average molecular weight is 233 g/mol. The summed E-state index contributed by atoms with van der Waals surface area (Å²) in [6, 6.07) is 6.96. The topological polar surface area (TPSA) is 21.3 Å². The fourth-order valence-electron chi connectivity index (χ4n) is 2.27. The Balaban J connectivity index is 1.89. The van der Waals surface area contributed by atoms with Crippen LogP contribution in [-0.4, -0.2) is 13.2 Å². The van der Waals surface area contributed by atoms with Gasteiger partial charge in [0, 0.05) is 18.2 Å². The Morgan fingerprint density at radius 3 is 2.82 bits per heavy atom. The standard InChI is InChI=1S/C15H23NO/c1-11-4-7-15(17-3)14(8-11)10-16-12(2)9-13-5-6-13/h4,7-8,12-13,16H,5-6,9-10H2,1-3H3. The van der Waals surface area contributed by atoms with Crippen molar-refractivity contribution in [2.75, 3.05) is 7.11 Å². The summed E-state index contributed by atoms with van der Waals surface area (Å²) in [5, 5.41) is 3.59. The molecule has 0 spiro atoms. The van der Waals surface area contributed by atoms with E-state index in [0.29, 0.717) is 6.04 Å². The minimum absolute atomic E-state index is 0.604. The monoisotopic (exact) mass is 233 g/mol. The SMILES string of the molecule is COc1ccc(C)cc1CNC(C)CC1CC1. The lowest BCUT2D eigenvalue weighted by molar-refractivity contribution is 0.403. The van der Waals surface area contributed by atoms with Gasteiger partial charge < -0.3 is 10.1 Å². The lowest BCUT2D eigenvalue weighted by Gasteiger charge is -2.15. The van der Waals surface area contributed by atoms with Crippen molar-refractivity contribution in [3.63, 3.8) is 0 Å². The van der Waals surface area contributed by atoms with Crippen LogP contribution in [-0.2, 0) is 6.54 Å². The Labute approximate surface area is 104 Å². The summed E-state index contributed by atoms with van der Waals surface area (Å²) in [5.41, 5.74) is 2.55. The van der Waals surface area contributed by atoms with Gasteiger partial charge in [-0.25, -0.2) is 0 Å². The molecule has 2 nitrogen and oxygen atoms in total. The maximum absolute atomic E-state index is 5.39. The first-order valence-electron chi connectivity index (χ1n) is 6.56. The van der Waals surface area contributed by atoms with Gasteiger partial charge in [-0.3, -0.25) is 0 Å². The summed E-state index contributed by atoms with van der Waals surface area (Å²) in [7, 11) is 1.74. The van der Waals surface area contributed by atoms with Crippen LogP contribution in [0.4, 0.5) is 0 Å². The molecule has 94 valence electrons. The number of hydrogen-bond acceptors (Lipinski definition) is 2. The molecule has 0 aliphatic heterocycles. The van der Waals surface area contributed by atoms with Gasteiger partial charge in [0.15, 0.2) is 0 Å². The molecule has 1 aliphatic carbocycles. The third-order valence-electron chi connectivity index (χ3n) is 3.46. The van der Waals surface area contributed by atoms with Crippen molar-refractivity contribution in [3.8, 4) is 5.75 Å². The summed E-state index contributed by atoms with van der Waals surface area (Å²) in [4.78, 5) is 0. The van der Waals surface area contributed by atoms with Crippen molar-refractivity contribution in [3.05, 3.63) is 29.3 Å². The van der Waals surface area contributed by atoms with Crippen LogP contribution < -0.4 is 10.1 Å². The van der Waals surface area contributed by atoms with E-state index in [1.165, 1.54) is 30.4 Å². The van der Waals surface area contributed by atoms with Crippen LogP contribution >= 0.6 is 0 Å². The van der Waals surface area contributed by atoms with Gasteiger partial charge in [-0.1, -0.05) is 30.5 Å². The number of ether oxygens (including phenoxy) is 1. The molecule has 1 unspecified atom stereocenters. The highest BCUT2D eigenvalue weighted by Crippen LogP contribution is 2.33. The van der Waals surface area contributed by atoms with Crippen LogP contribution in [0.5, 0.6) is 5.75 Å². The zero-order valence-corrected chi connectivity index (χ0v) is 11.1. The van der Waals surface area contributed by atoms with E-state index in [9.17, 15) is 0 Å². The molecule has 1 aromatic carbocycles. The van der Waals surface area contributed by atoms with Gasteiger partial charge in [0.1, 0.15) is 5.75 Å². The smallest absolute Gasteiger partial charge is 0.123 e. The molecule has 1 saturated carbocycles. The molecule has 0 amide bonds. The van der Waals surface area contributed by atoms with Gasteiger partial charge in [-0.05, 0) is 32.3 Å². The van der Waals surface area contributed by atoms with Crippen molar-refractivity contribution in [1.82, 2.24) is 5.32 Å². The fraction of sp³-hybridized carbons (Fsp3) is 0.600. The molecule has 0 bridgehead atoms. The van der Waals surface area contributed by atoms with E-state index in [2.05, 4.69) is 37.4 Å². The third kappa shape index (κ3) is 3.74. The highest BCUT2D eigenvalue weighted by atomic mass is 16.5. The third-order valence-corrected chi connectivity index (χ3v) is 3.46. The number of hydrogen-bond donors (Lipinski definition) is 1. The van der Waals surface area contributed by atoms with Crippen LogP contribution in [0.1, 0.15) is 37.3 Å². The zero-order valence-electron chi connectivity index (χ0n) is 11.1. The molecule has 0 radical (unpaired) electrons. The quantitative estimate of drug-likeness (QED) is 0.814. The molecule has 0 aromatic heterocycles. The second kappa shape index (κ2) is 5.54. The molecule has 0 saturated heterocycles. The minimum atomic E-state index is 0.604. The first-order valence-corrected chi connectivity index (χ1v) is 6.56. The number of nitrogens with one attached hydrogen (secondary N) is 1. The minimum Gasteiger partial charge on any atom is -0.496 e. The summed E-state index contributed by atoms with van der Waals surface area (Å²) in [6.07, 6.45) is 4.17. The van der Waals surface area contributed by atoms with Gasteiger partial charge >= 0.3 is 0 Å². The van der Waals surface area contributed by atoms with E-state index in [-0.39, 0.29) is 0 Å². The van der Waals surface area contributed by atoms with Crippen molar-refractivity contribution in [2.24, 2.45) is 5.92 Å². The number of rotatable bonds is 6. The van der Waals surface area contributed by atoms with Crippen LogP contribution in [0.3, 0.4) is 0 Å². The van der Waals surface area contributed by atoms with Gasteiger partial charge in [0.05, 0.1) is 7.11 Å². The summed E-state index contributed by atoms with van der Waals surface area (Å²) < 4.78 is 5.39. The predicted octanol–water partition coefficient (Wildman–Crippen LogP) is 3.28. The fourth-order valence-corrected chi connectivity index (χ4v) is 2.27. The summed E-state index contributed by atoms with van der Waals surface area (Å²) >= 11 is 0. The van der Waals surface area contributed by atoms with Crippen LogP contribution in [0.2, 0.25) is 0 Å². The van der Waals surface area contributed by atoms with Gasteiger partial charge in [-0.2, -0.15) is 0 Å². The Morgan fingerprint density at radius 2 is 2.18 bits per heavy atom. The molecule has 1 aromatic rings. The summed E-state index contributed by atoms with van der Waals surface area (Å²) in [5.74, 6) is 1.97. The van der Waals surface area contributed by atoms with E-state index in [0.717, 1.165) is 18.2 Å². The van der Waals surface area contributed by atoms with Crippen molar-refractivity contribution in [1.29, 1.82) is 0 Å². The van der Waals surface area contributed by atoms with E-state index < -0.39 is 0 Å². The number of aryl methyl sites for hydroxylation is 1. The first kappa shape index (κ1) is 12.4. The lowest BCUT2D eigenvalue weighted by atomic mass is 10.1. The van der Waals surface area contributed by atoms with Crippen molar-refractivity contribution in [2.45, 2.75) is 45.7 Å². The maximum Gasteiger partial charge on any atom is 0.123 e. The molecule has 1 N–H and O–H groups in total. The van der Waals surface area contributed by atoms with E-state index in [1.807, 2.05) is 0 Å². The first-order chi connectivity index (χ1) is 8.19. The van der Waals surface area contributed by atoms with Crippen LogP contribution in [0, 0.1) is 12.8 Å². The predicted molar refractivity (Wildman–Crippen MR) is 71.4 cm³/mol. The Hall–Kier alpha value is -1.02. The van der Waals surface area contributed by atoms with Crippen molar-refractivity contribution >= 4 is 0 Å². The molecule has 1 atom stereocenters. The van der Waals surface area contributed by atoms with Crippen LogP contribution in [0.15, 0.2) is 18.2 Å². The molecule has 1 aliphatic rings. The van der Waals surface area contributed by atoms with E-state index >= 15 is 0 Å². The lowest BCUT2D eigenvalue weighted by Crippen LogP contribution is -2.26. The van der Waals surface area contributed by atoms with Crippen molar-refractivity contribution < 1.29 is 4.74 Å². The highest BCUT2D eigenvalue weighted by molar-refractivity contribution is 5.36. The molecular weight excluding hydrogens is 210 g/mol. The van der Waals surface area contributed by atoms with E-state index in [4.69, 9.17) is 4.74 Å². The van der Waals surface area contributed by atoms with E-state index in [1.54, 1.807) is 7.11 Å². The second-order valence-corrected chi connectivity index (χ2v) is 5.28. The molecular formula is C15H23NO. The Morgan fingerprint density at radius 1 is 1.41 bits per heavy atom. The molecule has 2 rings (SSSR count). The second-order valence-electron chi connectivity index (χ2n) is 5.28. The highest BCUT2D eigenvalue weighted by Gasteiger charge is 2.23. The Kier molecular flexibility index (Phi) is 4.06. The van der Waals surface area contributed by atoms with Gasteiger partial charge in [0.25, 0.3) is 0 Å². The zero-order chi connectivity index (χ0) is 12.3. The molecule has 0 heterocycles. The Bertz CT molecular complexity index is 371. The van der Waals surface area contributed by atoms with Gasteiger partial charge in [-0.15, -0.1) is 0 Å². The van der Waals surface area contributed by atoms with Gasteiger partial charge in [0.2, 0.25) is 0 Å². The average Bonchev–Trinajstić information content (AvgIpc) is 3.10.